The summed E-state index contributed by atoms with van der Waals surface area (Å²) in [6.07, 6.45) is 0. The summed E-state index contributed by atoms with van der Waals surface area (Å²) in [4.78, 5) is 16.2. The third-order valence-electron chi connectivity index (χ3n) is 4.33. The van der Waals surface area contributed by atoms with E-state index in [1.165, 1.54) is 19.1 Å². The number of halogens is 1. The zero-order valence-corrected chi connectivity index (χ0v) is 16.3. The first-order chi connectivity index (χ1) is 13.3. The predicted octanol–water partition coefficient (Wildman–Crippen LogP) is 1.97. The molecule has 1 atom stereocenters. The number of hydrogen-bond donors (Lipinski definition) is 2. The number of sulfonamides is 1. The Balaban J connectivity index is 1.60. The Hall–Kier alpha value is -2.78. The highest BCUT2D eigenvalue weighted by atomic mass is 32.2. The number of amides is 1. The van der Waals surface area contributed by atoms with Gasteiger partial charge in [0.2, 0.25) is 15.9 Å². The molecule has 0 saturated carbocycles. The van der Waals surface area contributed by atoms with Gasteiger partial charge in [-0.2, -0.15) is 4.72 Å². The average molecular weight is 404 g/mol. The van der Waals surface area contributed by atoms with Crippen molar-refractivity contribution in [2.45, 2.75) is 31.3 Å². The molecule has 3 rings (SSSR count). The topological polar surface area (TPSA) is 93.1 Å². The Morgan fingerprint density at radius 3 is 2.61 bits per heavy atom. The van der Waals surface area contributed by atoms with Crippen LogP contribution in [0, 0.1) is 12.7 Å². The third kappa shape index (κ3) is 4.20. The van der Waals surface area contributed by atoms with Gasteiger partial charge in [-0.05, 0) is 38.1 Å². The SMILES string of the molecule is Cc1nc2ccccc2n1CCNC(=O)[C@H](C)NS(=O)(=O)c1ccccc1F. The van der Waals surface area contributed by atoms with E-state index in [1.807, 2.05) is 35.8 Å². The van der Waals surface area contributed by atoms with Crippen LogP contribution in [0.5, 0.6) is 0 Å². The van der Waals surface area contributed by atoms with Crippen molar-refractivity contribution in [3.63, 3.8) is 0 Å². The highest BCUT2D eigenvalue weighted by Crippen LogP contribution is 2.15. The number of benzene rings is 2. The predicted molar refractivity (Wildman–Crippen MR) is 104 cm³/mol. The number of nitrogens with one attached hydrogen (secondary N) is 2. The number of fused-ring (bicyclic) bond motifs is 1. The van der Waals surface area contributed by atoms with E-state index in [9.17, 15) is 17.6 Å². The fraction of sp³-hybridized carbons (Fsp3) is 0.263. The number of para-hydroxylation sites is 2. The molecule has 0 radical (unpaired) electrons. The van der Waals surface area contributed by atoms with Crippen LogP contribution in [-0.2, 0) is 21.4 Å². The van der Waals surface area contributed by atoms with Crippen molar-refractivity contribution in [1.29, 1.82) is 0 Å². The highest BCUT2D eigenvalue weighted by molar-refractivity contribution is 7.89. The lowest BCUT2D eigenvalue weighted by Gasteiger charge is -2.15. The van der Waals surface area contributed by atoms with E-state index in [1.54, 1.807) is 0 Å². The molecule has 0 unspecified atom stereocenters. The molecule has 0 aliphatic rings. The molecule has 0 saturated heterocycles. The van der Waals surface area contributed by atoms with Crippen molar-refractivity contribution in [3.05, 3.63) is 60.2 Å². The van der Waals surface area contributed by atoms with Crippen LogP contribution in [0.25, 0.3) is 11.0 Å². The van der Waals surface area contributed by atoms with Crippen LogP contribution < -0.4 is 10.0 Å². The lowest BCUT2D eigenvalue weighted by molar-refractivity contribution is -0.122. The van der Waals surface area contributed by atoms with Gasteiger partial charge in [0.25, 0.3) is 0 Å². The van der Waals surface area contributed by atoms with Crippen molar-refractivity contribution in [3.8, 4) is 0 Å². The monoisotopic (exact) mass is 404 g/mol. The summed E-state index contributed by atoms with van der Waals surface area (Å²) in [5, 5.41) is 2.69. The first-order valence-electron chi connectivity index (χ1n) is 8.76. The van der Waals surface area contributed by atoms with Gasteiger partial charge in [0.15, 0.2) is 0 Å². The van der Waals surface area contributed by atoms with Crippen LogP contribution in [0.4, 0.5) is 4.39 Å². The summed E-state index contributed by atoms with van der Waals surface area (Å²) in [5.74, 6) is -0.546. The maximum absolute atomic E-state index is 13.7. The van der Waals surface area contributed by atoms with Gasteiger partial charge in [0.1, 0.15) is 16.5 Å². The molecule has 0 bridgehead atoms. The molecule has 7 nitrogen and oxygen atoms in total. The Morgan fingerprint density at radius 1 is 1.18 bits per heavy atom. The number of nitrogens with zero attached hydrogens (tertiary/aromatic N) is 2. The molecule has 1 aromatic heterocycles. The second-order valence-electron chi connectivity index (χ2n) is 6.36. The number of carbonyl (C=O) groups is 1. The number of imidazole rings is 1. The molecule has 9 heteroatoms. The van der Waals surface area contributed by atoms with E-state index in [0.717, 1.165) is 29.0 Å². The number of hydrogen-bond acceptors (Lipinski definition) is 4. The molecule has 2 aromatic carbocycles. The van der Waals surface area contributed by atoms with Gasteiger partial charge in [0.05, 0.1) is 17.1 Å². The quantitative estimate of drug-likeness (QED) is 0.630. The van der Waals surface area contributed by atoms with Crippen molar-refractivity contribution in [1.82, 2.24) is 19.6 Å². The van der Waals surface area contributed by atoms with E-state index >= 15 is 0 Å². The number of aromatic nitrogens is 2. The molecule has 2 N–H and O–H groups in total. The van der Waals surface area contributed by atoms with Gasteiger partial charge in [0, 0.05) is 13.1 Å². The molecule has 0 aliphatic carbocycles. The Kier molecular flexibility index (Phi) is 5.76. The molecule has 3 aromatic rings. The minimum absolute atomic E-state index is 0.297. The molecule has 1 amide bonds. The van der Waals surface area contributed by atoms with Crippen LogP contribution in [0.15, 0.2) is 53.4 Å². The van der Waals surface area contributed by atoms with Gasteiger partial charge in [-0.15, -0.1) is 0 Å². The van der Waals surface area contributed by atoms with E-state index in [2.05, 4.69) is 15.0 Å². The van der Waals surface area contributed by atoms with Gasteiger partial charge in [-0.3, -0.25) is 4.79 Å². The smallest absolute Gasteiger partial charge is 0.244 e. The molecule has 1 heterocycles. The first-order valence-corrected chi connectivity index (χ1v) is 10.2. The van der Waals surface area contributed by atoms with E-state index in [0.29, 0.717) is 13.1 Å². The first kappa shape index (κ1) is 20.0. The summed E-state index contributed by atoms with van der Waals surface area (Å²) >= 11 is 0. The average Bonchev–Trinajstić information content (AvgIpc) is 2.97. The molecule has 0 aliphatic heterocycles. The fourth-order valence-electron chi connectivity index (χ4n) is 2.93. The van der Waals surface area contributed by atoms with Crippen molar-refractivity contribution in [2.24, 2.45) is 0 Å². The van der Waals surface area contributed by atoms with Crippen LogP contribution in [0.1, 0.15) is 12.7 Å². The summed E-state index contributed by atoms with van der Waals surface area (Å²) in [7, 11) is -4.14. The zero-order chi connectivity index (χ0) is 20.3. The van der Waals surface area contributed by atoms with E-state index in [4.69, 9.17) is 0 Å². The van der Waals surface area contributed by atoms with E-state index < -0.39 is 32.7 Å². The molecular weight excluding hydrogens is 383 g/mol. The maximum Gasteiger partial charge on any atom is 0.244 e. The minimum Gasteiger partial charge on any atom is -0.353 e. The van der Waals surface area contributed by atoms with Crippen LogP contribution >= 0.6 is 0 Å². The number of carbonyl (C=O) groups excluding carboxylic acids is 1. The standard InChI is InChI=1S/C19H21FN4O3S/c1-13(23-28(26,27)18-10-6-3-7-15(18)20)19(25)21-11-12-24-14(2)22-16-8-4-5-9-17(16)24/h3-10,13,23H,11-12H2,1-2H3,(H,21,25)/t13-/m0/s1. The van der Waals surface area contributed by atoms with Crippen LogP contribution in [0.3, 0.4) is 0 Å². The van der Waals surface area contributed by atoms with Crippen LogP contribution in [0.2, 0.25) is 0 Å². The molecule has 28 heavy (non-hydrogen) atoms. The lowest BCUT2D eigenvalue weighted by Crippen LogP contribution is -2.45. The van der Waals surface area contributed by atoms with Gasteiger partial charge in [-0.25, -0.2) is 17.8 Å². The second-order valence-corrected chi connectivity index (χ2v) is 8.05. The molecular formula is C19H21FN4O3S. The Morgan fingerprint density at radius 2 is 1.86 bits per heavy atom. The highest BCUT2D eigenvalue weighted by Gasteiger charge is 2.24. The van der Waals surface area contributed by atoms with Crippen molar-refractivity contribution in [2.75, 3.05) is 6.54 Å². The molecule has 148 valence electrons. The summed E-state index contributed by atoms with van der Waals surface area (Å²) < 4.78 is 42.5. The summed E-state index contributed by atoms with van der Waals surface area (Å²) in [5.41, 5.74) is 1.83. The number of rotatable bonds is 7. The largest absolute Gasteiger partial charge is 0.353 e. The van der Waals surface area contributed by atoms with Gasteiger partial charge >= 0.3 is 0 Å². The normalized spacial score (nSPS) is 12.8. The minimum atomic E-state index is -4.14. The molecule has 0 spiro atoms. The van der Waals surface area contributed by atoms with Gasteiger partial charge < -0.3 is 9.88 Å². The van der Waals surface area contributed by atoms with Crippen molar-refractivity contribution >= 4 is 27.0 Å². The third-order valence-corrected chi connectivity index (χ3v) is 5.91. The second kappa shape index (κ2) is 8.07. The van der Waals surface area contributed by atoms with Crippen LogP contribution in [-0.4, -0.2) is 36.5 Å². The number of aryl methyl sites for hydroxylation is 1. The molecule has 0 fully saturated rings. The zero-order valence-electron chi connectivity index (χ0n) is 15.5. The van der Waals surface area contributed by atoms with Gasteiger partial charge in [-0.1, -0.05) is 24.3 Å². The summed E-state index contributed by atoms with van der Waals surface area (Å²) in [6.45, 7) is 4.08. The summed E-state index contributed by atoms with van der Waals surface area (Å²) in [6, 6.07) is 11.6. The fourth-order valence-corrected chi connectivity index (χ4v) is 4.22. The Labute approximate surface area is 162 Å². The van der Waals surface area contributed by atoms with Crippen molar-refractivity contribution < 1.29 is 17.6 Å². The maximum atomic E-state index is 13.7. The Bertz CT molecular complexity index is 1110. The van der Waals surface area contributed by atoms with E-state index in [-0.39, 0.29) is 0 Å². The lowest BCUT2D eigenvalue weighted by atomic mass is 10.3.